The molecular formula is C52H30N4O2. The first-order valence-electron chi connectivity index (χ1n) is 19.3. The molecule has 0 N–H and O–H groups in total. The van der Waals surface area contributed by atoms with Crippen molar-refractivity contribution < 1.29 is 8.83 Å². The second-order valence-electron chi connectivity index (χ2n) is 14.6. The monoisotopic (exact) mass is 742 g/mol. The van der Waals surface area contributed by atoms with E-state index in [1.54, 1.807) is 0 Å². The van der Waals surface area contributed by atoms with Crippen molar-refractivity contribution in [2.24, 2.45) is 0 Å². The lowest BCUT2D eigenvalue weighted by Gasteiger charge is -2.15. The molecule has 0 aliphatic heterocycles. The average molecular weight is 743 g/mol. The van der Waals surface area contributed by atoms with Crippen molar-refractivity contribution in [2.45, 2.75) is 0 Å². The summed E-state index contributed by atoms with van der Waals surface area (Å²) in [4.78, 5) is 20.9. The van der Waals surface area contributed by atoms with Crippen LogP contribution in [-0.2, 0) is 0 Å². The fourth-order valence-electron chi connectivity index (χ4n) is 8.42. The predicted octanol–water partition coefficient (Wildman–Crippen LogP) is 13.7. The molecule has 0 atom stereocenters. The van der Waals surface area contributed by atoms with Crippen molar-refractivity contribution >= 4 is 65.7 Å². The topological polar surface area (TPSA) is 77.8 Å². The largest absolute Gasteiger partial charge is 0.456 e. The van der Waals surface area contributed by atoms with Gasteiger partial charge in [-0.1, -0.05) is 140 Å². The fraction of sp³-hybridized carbons (Fsp3) is 0. The van der Waals surface area contributed by atoms with Gasteiger partial charge in [-0.3, -0.25) is 0 Å². The van der Waals surface area contributed by atoms with Gasteiger partial charge in [-0.05, 0) is 69.9 Å². The molecule has 0 saturated heterocycles. The number of aromatic nitrogens is 4. The molecular weight excluding hydrogens is 713 g/mol. The van der Waals surface area contributed by atoms with Crippen molar-refractivity contribution in [2.75, 3.05) is 0 Å². The first-order valence-corrected chi connectivity index (χ1v) is 19.3. The molecule has 0 unspecified atom stereocenters. The normalized spacial score (nSPS) is 11.8. The summed E-state index contributed by atoms with van der Waals surface area (Å²) in [6.07, 6.45) is 0. The molecule has 0 saturated carbocycles. The maximum Gasteiger partial charge on any atom is 0.227 e. The number of hydrogen-bond donors (Lipinski definition) is 0. The zero-order valence-corrected chi connectivity index (χ0v) is 30.9. The number of pyridine rings is 1. The van der Waals surface area contributed by atoms with Gasteiger partial charge in [-0.15, -0.1) is 0 Å². The van der Waals surface area contributed by atoms with Gasteiger partial charge in [0, 0.05) is 49.2 Å². The quantitative estimate of drug-likeness (QED) is 0.175. The summed E-state index contributed by atoms with van der Waals surface area (Å²) in [7, 11) is 0. The van der Waals surface area contributed by atoms with Crippen LogP contribution in [0.2, 0.25) is 0 Å². The molecule has 6 nitrogen and oxygen atoms in total. The zero-order valence-electron chi connectivity index (χ0n) is 30.9. The van der Waals surface area contributed by atoms with Gasteiger partial charge in [0.05, 0.1) is 5.52 Å². The Kier molecular flexibility index (Phi) is 7.13. The Morgan fingerprint density at radius 3 is 1.76 bits per heavy atom. The lowest BCUT2D eigenvalue weighted by Crippen LogP contribution is -2.01. The smallest absolute Gasteiger partial charge is 0.227 e. The number of benzene rings is 8. The summed E-state index contributed by atoms with van der Waals surface area (Å²) in [5.41, 5.74) is 10.5. The number of fused-ring (bicyclic) bond motifs is 8. The summed E-state index contributed by atoms with van der Waals surface area (Å²) in [5.74, 6) is 1.71. The number of hydrogen-bond acceptors (Lipinski definition) is 6. The number of para-hydroxylation sites is 2. The van der Waals surface area contributed by atoms with E-state index in [-0.39, 0.29) is 0 Å². The lowest BCUT2D eigenvalue weighted by molar-refractivity contribution is 0.657. The van der Waals surface area contributed by atoms with Crippen molar-refractivity contribution in [3.05, 3.63) is 182 Å². The Bertz CT molecular complexity index is 3570. The molecule has 12 aromatic rings. The van der Waals surface area contributed by atoms with Crippen LogP contribution in [0.15, 0.2) is 191 Å². The van der Waals surface area contributed by atoms with Gasteiger partial charge >= 0.3 is 0 Å². The van der Waals surface area contributed by atoms with E-state index >= 15 is 0 Å². The number of nitrogens with zero attached hydrogens (tertiary/aromatic N) is 4. The van der Waals surface area contributed by atoms with Gasteiger partial charge in [-0.25, -0.2) is 19.9 Å². The summed E-state index contributed by atoms with van der Waals surface area (Å²) in [5, 5.41) is 7.13. The number of rotatable bonds is 5. The second kappa shape index (κ2) is 12.8. The maximum atomic E-state index is 6.80. The third kappa shape index (κ3) is 5.12. The highest BCUT2D eigenvalue weighted by Gasteiger charge is 2.24. The van der Waals surface area contributed by atoms with E-state index in [2.05, 4.69) is 97.1 Å². The van der Waals surface area contributed by atoms with Gasteiger partial charge in [0.2, 0.25) is 5.71 Å². The van der Waals surface area contributed by atoms with E-state index in [0.717, 1.165) is 98.9 Å². The van der Waals surface area contributed by atoms with Gasteiger partial charge in [0.15, 0.2) is 17.5 Å². The number of furan rings is 2. The minimum absolute atomic E-state index is 0.561. The molecule has 0 aliphatic rings. The highest BCUT2D eigenvalue weighted by Crippen LogP contribution is 2.46. The van der Waals surface area contributed by atoms with E-state index in [1.165, 1.54) is 0 Å². The van der Waals surface area contributed by atoms with E-state index in [1.807, 2.05) is 84.9 Å². The molecule has 0 amide bonds. The highest BCUT2D eigenvalue weighted by molar-refractivity contribution is 6.19. The zero-order chi connectivity index (χ0) is 38.2. The van der Waals surface area contributed by atoms with Crippen LogP contribution in [0, 0.1) is 0 Å². The van der Waals surface area contributed by atoms with Crippen molar-refractivity contribution in [3.63, 3.8) is 0 Å². The van der Waals surface area contributed by atoms with Crippen molar-refractivity contribution in [3.8, 4) is 56.4 Å². The average Bonchev–Trinajstić information content (AvgIpc) is 3.86. The van der Waals surface area contributed by atoms with Gasteiger partial charge in [0.25, 0.3) is 0 Å². The van der Waals surface area contributed by atoms with Crippen molar-refractivity contribution in [1.29, 1.82) is 0 Å². The second-order valence-corrected chi connectivity index (χ2v) is 14.6. The summed E-state index contributed by atoms with van der Waals surface area (Å²) < 4.78 is 13.1. The van der Waals surface area contributed by atoms with E-state index in [4.69, 9.17) is 28.8 Å². The van der Waals surface area contributed by atoms with Crippen molar-refractivity contribution in [1.82, 2.24) is 19.9 Å². The molecule has 8 aromatic carbocycles. The predicted molar refractivity (Wildman–Crippen MR) is 234 cm³/mol. The fourth-order valence-corrected chi connectivity index (χ4v) is 8.42. The molecule has 0 radical (unpaired) electrons. The minimum atomic E-state index is 0.561. The standard InChI is InChI=1S/C52H30N4O2/c1-3-14-31(15-4-1)36-26-27-37(47-42-30-35-20-9-11-23-43(35)53-52(42)58-48(36)47)40-28-33-18-7-8-19-34(33)29-41(40)51-55-49(32-16-5-2-6-17-32)54-50(56-51)39-22-13-25-45-46(39)38-21-10-12-24-44(38)57-45/h1-30H. The summed E-state index contributed by atoms with van der Waals surface area (Å²) >= 11 is 0. The van der Waals surface area contributed by atoms with E-state index in [0.29, 0.717) is 23.2 Å². The highest BCUT2D eigenvalue weighted by atomic mass is 16.3. The molecule has 4 heterocycles. The van der Waals surface area contributed by atoms with Crippen LogP contribution in [0.25, 0.3) is 122 Å². The first kappa shape index (κ1) is 32.3. The van der Waals surface area contributed by atoms with Crippen LogP contribution < -0.4 is 0 Å². The van der Waals surface area contributed by atoms with Crippen LogP contribution in [0.4, 0.5) is 0 Å². The third-order valence-corrected chi connectivity index (χ3v) is 11.1. The molecule has 0 spiro atoms. The first-order chi connectivity index (χ1) is 28.7. The van der Waals surface area contributed by atoms with Crippen LogP contribution in [0.1, 0.15) is 0 Å². The van der Waals surface area contributed by atoms with Crippen LogP contribution >= 0.6 is 0 Å². The van der Waals surface area contributed by atoms with E-state index < -0.39 is 0 Å². The van der Waals surface area contributed by atoms with Gasteiger partial charge in [0.1, 0.15) is 16.7 Å². The Labute approximate surface area is 331 Å². The van der Waals surface area contributed by atoms with Gasteiger partial charge < -0.3 is 8.83 Å². The minimum Gasteiger partial charge on any atom is -0.456 e. The molecule has 58 heavy (non-hydrogen) atoms. The molecule has 0 bridgehead atoms. The van der Waals surface area contributed by atoms with Crippen LogP contribution in [0.3, 0.4) is 0 Å². The van der Waals surface area contributed by atoms with Gasteiger partial charge in [-0.2, -0.15) is 0 Å². The summed E-state index contributed by atoms with van der Waals surface area (Å²) in [6, 6.07) is 62.3. The maximum absolute atomic E-state index is 6.80. The summed E-state index contributed by atoms with van der Waals surface area (Å²) in [6.45, 7) is 0. The lowest BCUT2D eigenvalue weighted by atomic mass is 9.90. The Hall–Kier alpha value is -7.96. The molecule has 6 heteroatoms. The van der Waals surface area contributed by atoms with Crippen LogP contribution in [-0.4, -0.2) is 19.9 Å². The van der Waals surface area contributed by atoms with Crippen LogP contribution in [0.5, 0.6) is 0 Å². The third-order valence-electron chi connectivity index (χ3n) is 11.1. The molecule has 0 fully saturated rings. The Morgan fingerprint density at radius 1 is 0.328 bits per heavy atom. The SMILES string of the molecule is c1ccc(-c2nc(-c3cc4ccccc4cc3-c3ccc(-c4ccccc4)c4oc5nc6ccccc6cc5c34)nc(-c3cccc4oc5ccccc5c34)n2)cc1. The molecule has 270 valence electrons. The Balaban J connectivity index is 1.18. The molecule has 12 rings (SSSR count). The Morgan fingerprint density at radius 2 is 0.948 bits per heavy atom. The van der Waals surface area contributed by atoms with E-state index in [9.17, 15) is 0 Å². The molecule has 0 aliphatic carbocycles. The molecule has 4 aromatic heterocycles.